The third-order valence-electron chi connectivity index (χ3n) is 4.84. The van der Waals surface area contributed by atoms with Crippen LogP contribution in [-0.2, 0) is 6.42 Å². The van der Waals surface area contributed by atoms with Gasteiger partial charge >= 0.3 is 0 Å². The topological polar surface area (TPSA) is 29.5 Å². The van der Waals surface area contributed by atoms with Gasteiger partial charge in [-0.3, -0.25) is 0 Å². The SMILES string of the molecule is CCCCCCCCCCCCc1ccc(Oc2ccccc2)cc1O. The van der Waals surface area contributed by atoms with E-state index in [9.17, 15) is 5.11 Å². The van der Waals surface area contributed by atoms with Gasteiger partial charge < -0.3 is 9.84 Å². The molecule has 0 aliphatic heterocycles. The van der Waals surface area contributed by atoms with Crippen LogP contribution < -0.4 is 4.74 Å². The van der Waals surface area contributed by atoms with Gasteiger partial charge in [0.2, 0.25) is 0 Å². The second-order valence-corrected chi connectivity index (χ2v) is 7.14. The first-order chi connectivity index (χ1) is 12.8. The van der Waals surface area contributed by atoms with Crippen LogP contribution in [0.5, 0.6) is 17.2 Å². The molecule has 0 radical (unpaired) electrons. The van der Waals surface area contributed by atoms with E-state index in [4.69, 9.17) is 4.74 Å². The molecule has 142 valence electrons. The fraction of sp³-hybridized carbons (Fsp3) is 0.500. The Bertz CT molecular complexity index is 607. The number of para-hydroxylation sites is 1. The molecule has 0 aliphatic carbocycles. The highest BCUT2D eigenvalue weighted by molar-refractivity contribution is 5.41. The summed E-state index contributed by atoms with van der Waals surface area (Å²) in [5.74, 6) is 1.81. The number of aryl methyl sites for hydroxylation is 1. The van der Waals surface area contributed by atoms with Gasteiger partial charge in [-0.2, -0.15) is 0 Å². The second-order valence-electron chi connectivity index (χ2n) is 7.14. The zero-order chi connectivity index (χ0) is 18.5. The van der Waals surface area contributed by atoms with E-state index in [-0.39, 0.29) is 0 Å². The van der Waals surface area contributed by atoms with Crippen molar-refractivity contribution < 1.29 is 9.84 Å². The van der Waals surface area contributed by atoms with E-state index in [1.165, 1.54) is 57.8 Å². The predicted octanol–water partition coefficient (Wildman–Crippen LogP) is 7.65. The number of phenols is 1. The van der Waals surface area contributed by atoms with Gasteiger partial charge in [-0.25, -0.2) is 0 Å². The van der Waals surface area contributed by atoms with Crippen molar-refractivity contribution in [3.8, 4) is 17.2 Å². The summed E-state index contributed by atoms with van der Waals surface area (Å²) < 4.78 is 5.76. The van der Waals surface area contributed by atoms with Crippen LogP contribution in [0.25, 0.3) is 0 Å². The molecular weight excluding hydrogens is 320 g/mol. The fourth-order valence-corrected chi connectivity index (χ4v) is 3.25. The minimum atomic E-state index is 0.342. The first-order valence-corrected chi connectivity index (χ1v) is 10.3. The predicted molar refractivity (Wildman–Crippen MR) is 110 cm³/mol. The Morgan fingerprint density at radius 2 is 1.31 bits per heavy atom. The Morgan fingerprint density at radius 1 is 0.692 bits per heavy atom. The molecule has 0 saturated heterocycles. The zero-order valence-electron chi connectivity index (χ0n) is 16.3. The Kier molecular flexibility index (Phi) is 9.71. The molecule has 0 heterocycles. The number of rotatable bonds is 13. The number of hydrogen-bond donors (Lipinski definition) is 1. The van der Waals surface area contributed by atoms with Gasteiger partial charge in [0.05, 0.1) is 0 Å². The average Bonchev–Trinajstić information content (AvgIpc) is 2.65. The molecule has 2 rings (SSSR count). The van der Waals surface area contributed by atoms with E-state index in [0.717, 1.165) is 24.2 Å². The molecule has 0 atom stereocenters. The highest BCUT2D eigenvalue weighted by Crippen LogP contribution is 2.28. The lowest BCUT2D eigenvalue weighted by atomic mass is 10.0. The van der Waals surface area contributed by atoms with Crippen molar-refractivity contribution >= 4 is 0 Å². The lowest BCUT2D eigenvalue weighted by Crippen LogP contribution is -1.89. The molecule has 0 amide bonds. The first kappa shape index (κ1) is 20.4. The number of unbranched alkanes of at least 4 members (excludes halogenated alkanes) is 9. The molecule has 2 nitrogen and oxygen atoms in total. The fourth-order valence-electron chi connectivity index (χ4n) is 3.25. The Labute approximate surface area is 159 Å². The van der Waals surface area contributed by atoms with Crippen LogP contribution in [-0.4, -0.2) is 5.11 Å². The van der Waals surface area contributed by atoms with Gasteiger partial charge in [0, 0.05) is 6.07 Å². The number of phenolic OH excluding ortho intramolecular Hbond substituents is 1. The highest BCUT2D eigenvalue weighted by Gasteiger charge is 2.04. The zero-order valence-corrected chi connectivity index (χ0v) is 16.3. The van der Waals surface area contributed by atoms with E-state index in [1.54, 1.807) is 6.07 Å². The van der Waals surface area contributed by atoms with Crippen molar-refractivity contribution in [1.82, 2.24) is 0 Å². The van der Waals surface area contributed by atoms with E-state index >= 15 is 0 Å². The van der Waals surface area contributed by atoms with Gasteiger partial charge in [-0.1, -0.05) is 89.0 Å². The van der Waals surface area contributed by atoms with Crippen LogP contribution in [0, 0.1) is 0 Å². The van der Waals surface area contributed by atoms with Crippen LogP contribution in [0.4, 0.5) is 0 Å². The van der Waals surface area contributed by atoms with E-state index < -0.39 is 0 Å². The quantitative estimate of drug-likeness (QED) is 0.374. The Hall–Kier alpha value is -1.96. The van der Waals surface area contributed by atoms with Crippen molar-refractivity contribution in [3.05, 3.63) is 54.1 Å². The maximum atomic E-state index is 10.2. The minimum absolute atomic E-state index is 0.342. The summed E-state index contributed by atoms with van der Waals surface area (Å²) in [7, 11) is 0. The third-order valence-corrected chi connectivity index (χ3v) is 4.84. The molecule has 2 aromatic rings. The van der Waals surface area contributed by atoms with Crippen LogP contribution >= 0.6 is 0 Å². The molecule has 0 saturated carbocycles. The first-order valence-electron chi connectivity index (χ1n) is 10.3. The molecule has 2 heteroatoms. The molecule has 0 aromatic heterocycles. The van der Waals surface area contributed by atoms with Crippen molar-refractivity contribution in [2.75, 3.05) is 0 Å². The normalized spacial score (nSPS) is 10.8. The van der Waals surface area contributed by atoms with Crippen LogP contribution in [0.1, 0.15) is 76.7 Å². The van der Waals surface area contributed by atoms with Gasteiger partial charge in [0.1, 0.15) is 17.2 Å². The van der Waals surface area contributed by atoms with Crippen molar-refractivity contribution in [3.63, 3.8) is 0 Å². The summed E-state index contributed by atoms with van der Waals surface area (Å²) >= 11 is 0. The van der Waals surface area contributed by atoms with Crippen LogP contribution in [0.3, 0.4) is 0 Å². The Morgan fingerprint density at radius 3 is 1.92 bits per heavy atom. The summed E-state index contributed by atoms with van der Waals surface area (Å²) in [4.78, 5) is 0. The monoisotopic (exact) mass is 354 g/mol. The smallest absolute Gasteiger partial charge is 0.131 e. The van der Waals surface area contributed by atoms with Crippen molar-refractivity contribution in [2.45, 2.75) is 77.6 Å². The van der Waals surface area contributed by atoms with Gasteiger partial charge in [-0.05, 0) is 36.6 Å². The van der Waals surface area contributed by atoms with Gasteiger partial charge in [0.15, 0.2) is 0 Å². The van der Waals surface area contributed by atoms with Gasteiger partial charge in [0.25, 0.3) is 0 Å². The van der Waals surface area contributed by atoms with Gasteiger partial charge in [-0.15, -0.1) is 0 Å². The number of ether oxygens (including phenoxy) is 1. The molecule has 0 bridgehead atoms. The molecule has 0 aliphatic rings. The summed E-state index contributed by atoms with van der Waals surface area (Å²) in [6, 6.07) is 15.3. The second kappa shape index (κ2) is 12.4. The number of aromatic hydroxyl groups is 1. The Balaban J connectivity index is 1.61. The summed E-state index contributed by atoms with van der Waals surface area (Å²) in [5.41, 5.74) is 1.02. The molecule has 0 fully saturated rings. The lowest BCUT2D eigenvalue weighted by Gasteiger charge is -2.09. The summed E-state index contributed by atoms with van der Waals surface area (Å²) in [5, 5.41) is 10.2. The summed E-state index contributed by atoms with van der Waals surface area (Å²) in [6.07, 6.45) is 14.3. The summed E-state index contributed by atoms with van der Waals surface area (Å²) in [6.45, 7) is 2.27. The molecule has 0 spiro atoms. The largest absolute Gasteiger partial charge is 0.508 e. The van der Waals surface area contributed by atoms with E-state index in [1.807, 2.05) is 42.5 Å². The maximum absolute atomic E-state index is 10.2. The van der Waals surface area contributed by atoms with E-state index in [2.05, 4.69) is 6.92 Å². The molecule has 0 unspecified atom stereocenters. The number of benzene rings is 2. The van der Waals surface area contributed by atoms with Crippen LogP contribution in [0.15, 0.2) is 48.5 Å². The lowest BCUT2D eigenvalue weighted by molar-refractivity contribution is 0.448. The van der Waals surface area contributed by atoms with E-state index in [0.29, 0.717) is 11.5 Å². The average molecular weight is 355 g/mol. The molecule has 1 N–H and O–H groups in total. The van der Waals surface area contributed by atoms with Crippen molar-refractivity contribution in [1.29, 1.82) is 0 Å². The molecular formula is C24H34O2. The minimum Gasteiger partial charge on any atom is -0.508 e. The van der Waals surface area contributed by atoms with Crippen LogP contribution in [0.2, 0.25) is 0 Å². The number of hydrogen-bond acceptors (Lipinski definition) is 2. The third kappa shape index (κ3) is 7.95. The molecule has 26 heavy (non-hydrogen) atoms. The maximum Gasteiger partial charge on any atom is 0.131 e. The van der Waals surface area contributed by atoms with Crippen molar-refractivity contribution in [2.24, 2.45) is 0 Å². The standard InChI is InChI=1S/C24H34O2/c1-2-3-4-5-6-7-8-9-10-12-15-21-18-19-23(20-24(21)25)26-22-16-13-11-14-17-22/h11,13-14,16-20,25H,2-10,12,15H2,1H3. The highest BCUT2D eigenvalue weighted by atomic mass is 16.5. The molecule has 2 aromatic carbocycles.